The highest BCUT2D eigenvalue weighted by atomic mass is 79.9. The zero-order chi connectivity index (χ0) is 14.2. The van der Waals surface area contributed by atoms with Crippen molar-refractivity contribution in [2.24, 2.45) is 0 Å². The number of carbonyl (C=O) groups is 1. The molecule has 0 fully saturated rings. The van der Waals surface area contributed by atoms with Crippen LogP contribution in [0.5, 0.6) is 0 Å². The zero-order valence-corrected chi connectivity index (χ0v) is 11.9. The average Bonchev–Trinajstić information content (AvgIpc) is 2.77. The monoisotopic (exact) mass is 327 g/mol. The summed E-state index contributed by atoms with van der Waals surface area (Å²) in [6.07, 6.45) is 0.497. The third kappa shape index (κ3) is 2.51. The molecule has 1 aromatic heterocycles. The molecule has 0 saturated heterocycles. The van der Waals surface area contributed by atoms with Gasteiger partial charge in [-0.1, -0.05) is 6.92 Å². The molecule has 0 radical (unpaired) electrons. The molecular weight excluding hydrogens is 317 g/mol. The van der Waals surface area contributed by atoms with Crippen molar-refractivity contribution >= 4 is 21.9 Å². The first-order valence-electron chi connectivity index (χ1n) is 5.59. The molecule has 100 valence electrons. The molecule has 1 aromatic carbocycles. The molecule has 0 aliphatic carbocycles. The first kappa shape index (κ1) is 13.7. The third-order valence-corrected chi connectivity index (χ3v) is 3.26. The maximum absolute atomic E-state index is 13.6. The van der Waals surface area contributed by atoms with Gasteiger partial charge in [-0.15, -0.1) is 5.10 Å². The van der Waals surface area contributed by atoms with Crippen molar-refractivity contribution in [3.8, 4) is 5.69 Å². The molecule has 0 bridgehead atoms. The van der Waals surface area contributed by atoms with Gasteiger partial charge in [0.1, 0.15) is 11.6 Å². The lowest BCUT2D eigenvalue weighted by atomic mass is 10.2. The molecule has 0 aliphatic heterocycles. The fraction of sp³-hybridized carbons (Fsp3) is 0.250. The van der Waals surface area contributed by atoms with Crippen molar-refractivity contribution in [1.82, 2.24) is 14.8 Å². The van der Waals surface area contributed by atoms with Gasteiger partial charge in [0, 0.05) is 12.5 Å². The highest BCUT2D eigenvalue weighted by Crippen LogP contribution is 2.23. The average molecular weight is 328 g/mol. The molecule has 19 heavy (non-hydrogen) atoms. The van der Waals surface area contributed by atoms with Gasteiger partial charge in [0.15, 0.2) is 0 Å². The van der Waals surface area contributed by atoms with Crippen molar-refractivity contribution in [1.29, 1.82) is 0 Å². The molecule has 0 spiro atoms. The van der Waals surface area contributed by atoms with E-state index in [9.17, 15) is 9.18 Å². The second-order valence-electron chi connectivity index (χ2n) is 3.97. The summed E-state index contributed by atoms with van der Waals surface area (Å²) in [4.78, 5) is 14.8. The maximum atomic E-state index is 13.6. The van der Waals surface area contributed by atoms with Gasteiger partial charge in [0.2, 0.25) is 0 Å². The highest BCUT2D eigenvalue weighted by molar-refractivity contribution is 9.10. The molecule has 1 N–H and O–H groups in total. The van der Waals surface area contributed by atoms with Crippen LogP contribution in [0.25, 0.3) is 5.69 Å². The molecular formula is C12H11BrFN3O2. The quantitative estimate of drug-likeness (QED) is 0.941. The Morgan fingerprint density at radius 2 is 2.21 bits per heavy atom. The summed E-state index contributed by atoms with van der Waals surface area (Å²) in [6.45, 7) is 3.62. The van der Waals surface area contributed by atoms with Crippen molar-refractivity contribution in [3.63, 3.8) is 0 Å². The molecule has 0 aliphatic rings. The number of aromatic carboxylic acids is 1. The third-order valence-electron chi connectivity index (χ3n) is 2.65. The van der Waals surface area contributed by atoms with Crippen molar-refractivity contribution in [3.05, 3.63) is 39.6 Å². The van der Waals surface area contributed by atoms with Gasteiger partial charge in [0.05, 0.1) is 10.2 Å². The van der Waals surface area contributed by atoms with E-state index in [0.717, 1.165) is 5.56 Å². The lowest BCUT2D eigenvalue weighted by Gasteiger charge is -2.09. The molecule has 1 heterocycles. The number of carboxylic acid groups (broad SMARTS) is 1. The first-order chi connectivity index (χ1) is 8.93. The number of rotatable bonds is 3. The number of aryl methyl sites for hydroxylation is 2. The smallest absolute Gasteiger partial charge is 0.375 e. The Hall–Kier alpha value is -1.76. The van der Waals surface area contributed by atoms with E-state index in [-0.39, 0.29) is 5.82 Å². The van der Waals surface area contributed by atoms with E-state index in [1.54, 1.807) is 13.0 Å². The normalized spacial score (nSPS) is 10.7. The zero-order valence-electron chi connectivity index (χ0n) is 10.3. The Labute approximate surface area is 117 Å². The summed E-state index contributed by atoms with van der Waals surface area (Å²) in [5.41, 5.74) is 1.25. The van der Waals surface area contributed by atoms with Crippen LogP contribution < -0.4 is 0 Å². The van der Waals surface area contributed by atoms with Crippen LogP contribution >= 0.6 is 15.9 Å². The van der Waals surface area contributed by atoms with Crippen molar-refractivity contribution < 1.29 is 14.3 Å². The molecule has 0 saturated carbocycles. The van der Waals surface area contributed by atoms with Gasteiger partial charge < -0.3 is 5.11 Å². The van der Waals surface area contributed by atoms with Crippen LogP contribution in [0.2, 0.25) is 0 Å². The van der Waals surface area contributed by atoms with Gasteiger partial charge >= 0.3 is 5.97 Å². The Morgan fingerprint density at radius 1 is 1.53 bits per heavy atom. The highest BCUT2D eigenvalue weighted by Gasteiger charge is 2.17. The van der Waals surface area contributed by atoms with Crippen LogP contribution in [-0.4, -0.2) is 25.8 Å². The van der Waals surface area contributed by atoms with E-state index in [1.807, 2.05) is 6.92 Å². The van der Waals surface area contributed by atoms with Crippen molar-refractivity contribution in [2.75, 3.05) is 0 Å². The largest absolute Gasteiger partial charge is 0.475 e. The summed E-state index contributed by atoms with van der Waals surface area (Å²) in [6, 6.07) is 2.92. The van der Waals surface area contributed by atoms with Crippen LogP contribution in [0.1, 0.15) is 28.9 Å². The summed E-state index contributed by atoms with van der Waals surface area (Å²) in [5, 5.41) is 12.8. The van der Waals surface area contributed by atoms with Crippen LogP contribution in [0, 0.1) is 12.7 Å². The Bertz CT molecular complexity index is 655. The number of nitrogens with zero attached hydrogens (tertiary/aromatic N) is 3. The van der Waals surface area contributed by atoms with E-state index in [2.05, 4.69) is 26.0 Å². The van der Waals surface area contributed by atoms with Crippen LogP contribution in [-0.2, 0) is 6.42 Å². The lowest BCUT2D eigenvalue weighted by molar-refractivity contribution is 0.0683. The molecule has 0 atom stereocenters. The molecule has 2 rings (SSSR count). The number of halogens is 2. The molecule has 0 amide bonds. The van der Waals surface area contributed by atoms with E-state index >= 15 is 0 Å². The summed E-state index contributed by atoms with van der Waals surface area (Å²) in [7, 11) is 0. The minimum absolute atomic E-state index is 0.292. The van der Waals surface area contributed by atoms with Gasteiger partial charge in [-0.05, 0) is 34.5 Å². The fourth-order valence-electron chi connectivity index (χ4n) is 1.72. The number of hydrogen-bond donors (Lipinski definition) is 1. The fourth-order valence-corrected chi connectivity index (χ4v) is 2.18. The van der Waals surface area contributed by atoms with E-state index < -0.39 is 11.8 Å². The molecule has 2 aromatic rings. The second-order valence-corrected chi connectivity index (χ2v) is 4.83. The topological polar surface area (TPSA) is 68.0 Å². The standard InChI is InChI=1S/C12H11BrFN3O2/c1-3-10-15-11(12(18)19)16-17(10)9-5-8(14)7(13)4-6(9)2/h4-5H,3H2,1-2H3,(H,18,19). The number of aromatic nitrogens is 3. The van der Waals surface area contributed by atoms with Crippen LogP contribution in [0.4, 0.5) is 4.39 Å². The summed E-state index contributed by atoms with van der Waals surface area (Å²) in [5.74, 6) is -1.46. The maximum Gasteiger partial charge on any atom is 0.375 e. The minimum Gasteiger partial charge on any atom is -0.475 e. The van der Waals surface area contributed by atoms with Crippen LogP contribution in [0.3, 0.4) is 0 Å². The van der Waals surface area contributed by atoms with Crippen molar-refractivity contribution in [2.45, 2.75) is 20.3 Å². The van der Waals surface area contributed by atoms with Crippen LogP contribution in [0.15, 0.2) is 16.6 Å². The van der Waals surface area contributed by atoms with Gasteiger partial charge in [-0.25, -0.2) is 18.9 Å². The van der Waals surface area contributed by atoms with Gasteiger partial charge in [-0.2, -0.15) is 0 Å². The van der Waals surface area contributed by atoms with E-state index in [1.165, 1.54) is 10.7 Å². The second kappa shape index (κ2) is 5.08. The number of hydrogen-bond acceptors (Lipinski definition) is 3. The summed E-state index contributed by atoms with van der Waals surface area (Å²) < 4.78 is 15.3. The molecule has 0 unspecified atom stereocenters. The number of benzene rings is 1. The predicted octanol–water partition coefficient (Wildman–Crippen LogP) is 2.74. The molecule has 5 nitrogen and oxygen atoms in total. The SMILES string of the molecule is CCc1nc(C(=O)O)nn1-c1cc(F)c(Br)cc1C. The molecule has 7 heteroatoms. The minimum atomic E-state index is -1.20. The Kier molecular flexibility index (Phi) is 3.66. The van der Waals surface area contributed by atoms with E-state index in [0.29, 0.717) is 22.4 Å². The Morgan fingerprint density at radius 3 is 2.79 bits per heavy atom. The van der Waals surface area contributed by atoms with Gasteiger partial charge in [-0.3, -0.25) is 0 Å². The predicted molar refractivity (Wildman–Crippen MR) is 70.1 cm³/mol. The number of carboxylic acids is 1. The van der Waals surface area contributed by atoms with E-state index in [4.69, 9.17) is 5.11 Å². The van der Waals surface area contributed by atoms with Gasteiger partial charge in [0.25, 0.3) is 5.82 Å². The first-order valence-corrected chi connectivity index (χ1v) is 6.38. The summed E-state index contributed by atoms with van der Waals surface area (Å²) >= 11 is 3.10. The Balaban J connectivity index is 2.64. The lowest BCUT2D eigenvalue weighted by Crippen LogP contribution is -2.06.